The van der Waals surface area contributed by atoms with Gasteiger partial charge in [0.1, 0.15) is 0 Å². The van der Waals surface area contributed by atoms with E-state index in [1.807, 2.05) is 20.8 Å². The van der Waals surface area contributed by atoms with Gasteiger partial charge in [-0.15, -0.1) is 0 Å². The Morgan fingerprint density at radius 1 is 1.31 bits per heavy atom. The number of likely N-dealkylation sites (N-methyl/N-ethyl adjacent to an activating group) is 1. The van der Waals surface area contributed by atoms with Crippen LogP contribution >= 0.6 is 0 Å². The number of rotatable bonds is 5. The zero-order chi connectivity index (χ0) is 10.1. The van der Waals surface area contributed by atoms with Gasteiger partial charge < -0.3 is 0 Å². The lowest BCUT2D eigenvalue weighted by Crippen LogP contribution is -2.38. The highest BCUT2D eigenvalue weighted by molar-refractivity contribution is 7.92. The van der Waals surface area contributed by atoms with E-state index in [1.54, 1.807) is 0 Å². The first kappa shape index (κ1) is 10.9. The Kier molecular flexibility index (Phi) is 3.32. The summed E-state index contributed by atoms with van der Waals surface area (Å²) < 4.78 is 26.6. The Morgan fingerprint density at radius 2 is 1.77 bits per heavy atom. The molecule has 0 amide bonds. The maximum atomic E-state index is 11.0. The van der Waals surface area contributed by atoms with Gasteiger partial charge in [0.15, 0.2) is 0 Å². The van der Waals surface area contributed by atoms with Crippen LogP contribution in [0.2, 0.25) is 0 Å². The average molecular weight is 207 g/mol. The normalized spacial score (nSPS) is 27.5. The third kappa shape index (κ3) is 2.21. The van der Waals surface area contributed by atoms with Gasteiger partial charge >= 0.3 is 0 Å². The van der Waals surface area contributed by atoms with Gasteiger partial charge in [0.05, 0.1) is 6.04 Å². The largest absolute Gasteiger partial charge is 0.299 e. The predicted octanol–water partition coefficient (Wildman–Crippen LogP) is 0.793. The Labute approximate surface area is 80.0 Å². The molecule has 0 spiro atoms. The van der Waals surface area contributed by atoms with Crippen LogP contribution in [-0.4, -0.2) is 37.9 Å². The van der Waals surface area contributed by atoms with Gasteiger partial charge in [0, 0.05) is 0 Å². The average Bonchev–Trinajstić information content (AvgIpc) is 2.70. The first-order valence-corrected chi connectivity index (χ1v) is 6.20. The minimum Gasteiger partial charge on any atom is -0.297 e. The van der Waals surface area contributed by atoms with E-state index in [-0.39, 0.29) is 6.04 Å². The van der Waals surface area contributed by atoms with E-state index in [0.717, 1.165) is 19.5 Å². The van der Waals surface area contributed by atoms with Crippen LogP contribution in [0, 0.1) is 0 Å². The zero-order valence-corrected chi connectivity index (χ0v) is 9.17. The maximum Gasteiger partial charge on any atom is 0.299 e. The lowest BCUT2D eigenvalue weighted by molar-refractivity contribution is 0.172. The minimum absolute atomic E-state index is 0.0278. The van der Waals surface area contributed by atoms with Gasteiger partial charge in [-0.1, -0.05) is 20.8 Å². The first-order chi connectivity index (χ1) is 6.06. The second kappa shape index (κ2) is 3.94. The van der Waals surface area contributed by atoms with E-state index in [1.165, 1.54) is 0 Å². The molecule has 1 fully saturated rings. The quantitative estimate of drug-likeness (QED) is 0.625. The molecular formula is C8H17NO3S. The van der Waals surface area contributed by atoms with Crippen LogP contribution < -0.4 is 0 Å². The molecule has 4 nitrogen and oxygen atoms in total. The monoisotopic (exact) mass is 207 g/mol. The van der Waals surface area contributed by atoms with Crippen molar-refractivity contribution in [2.24, 2.45) is 0 Å². The molecule has 0 aromatic heterocycles. The molecule has 0 bridgehead atoms. The highest BCUT2D eigenvalue weighted by atomic mass is 32.2. The van der Waals surface area contributed by atoms with Crippen LogP contribution in [-0.2, 0) is 14.3 Å². The van der Waals surface area contributed by atoms with E-state index in [4.69, 9.17) is 0 Å². The molecule has 1 rings (SSSR count). The highest BCUT2D eigenvalue weighted by Crippen LogP contribution is 2.31. The zero-order valence-electron chi connectivity index (χ0n) is 8.36. The Balaban J connectivity index is 2.63. The molecule has 13 heavy (non-hydrogen) atoms. The summed E-state index contributed by atoms with van der Waals surface area (Å²) in [6.45, 7) is 7.78. The van der Waals surface area contributed by atoms with E-state index < -0.39 is 15.6 Å². The summed E-state index contributed by atoms with van der Waals surface area (Å²) in [5.41, 5.74) is -0.572. The van der Waals surface area contributed by atoms with Crippen molar-refractivity contribution >= 4 is 10.1 Å². The smallest absolute Gasteiger partial charge is 0.297 e. The number of nitrogens with zero attached hydrogens (tertiary/aromatic N) is 1. The topological polar surface area (TPSA) is 49.9 Å². The molecule has 1 aliphatic heterocycles. The van der Waals surface area contributed by atoms with Crippen LogP contribution in [0.25, 0.3) is 0 Å². The summed E-state index contributed by atoms with van der Waals surface area (Å²) in [7, 11) is -3.18. The molecule has 2 unspecified atom stereocenters. The summed E-state index contributed by atoms with van der Waals surface area (Å²) in [5.74, 6) is 0. The molecule has 0 radical (unpaired) electrons. The van der Waals surface area contributed by atoms with Crippen LogP contribution in [0.1, 0.15) is 27.2 Å². The highest BCUT2D eigenvalue weighted by Gasteiger charge is 2.52. The van der Waals surface area contributed by atoms with Crippen molar-refractivity contribution in [3.63, 3.8) is 0 Å². The lowest BCUT2D eigenvalue weighted by atomic mass is 10.2. The van der Waals surface area contributed by atoms with Crippen molar-refractivity contribution in [3.8, 4) is 0 Å². The fourth-order valence-electron chi connectivity index (χ4n) is 1.68. The minimum atomic E-state index is -3.18. The summed E-state index contributed by atoms with van der Waals surface area (Å²) >= 11 is 0. The van der Waals surface area contributed by atoms with Gasteiger partial charge in [-0.05, 0) is 19.5 Å². The van der Waals surface area contributed by atoms with E-state index in [0.29, 0.717) is 0 Å². The van der Waals surface area contributed by atoms with Crippen molar-refractivity contribution in [3.05, 3.63) is 0 Å². The summed E-state index contributed by atoms with van der Waals surface area (Å²) in [4.78, 5) is 2.12. The Morgan fingerprint density at radius 3 is 2.00 bits per heavy atom. The molecule has 0 aromatic carbocycles. The van der Waals surface area contributed by atoms with E-state index in [9.17, 15) is 8.42 Å². The summed E-state index contributed by atoms with van der Waals surface area (Å²) in [5, 5.41) is 0. The summed E-state index contributed by atoms with van der Waals surface area (Å²) in [6.07, 6.45) is 0.811. The van der Waals surface area contributed by atoms with Crippen molar-refractivity contribution in [1.82, 2.24) is 4.90 Å². The van der Waals surface area contributed by atoms with Crippen LogP contribution in [0.15, 0.2) is 0 Å². The van der Waals surface area contributed by atoms with Crippen molar-refractivity contribution in [2.75, 3.05) is 13.1 Å². The Bertz CT molecular complexity index is 259. The van der Waals surface area contributed by atoms with Crippen LogP contribution in [0.4, 0.5) is 0 Å². The standard InChI is InChI=1S/C8H17NO3S/c1-4-7(9(5-2)6-3)8-12-13(8,10)11/h7-8H,4-6H2,1-3H3. The molecule has 78 valence electrons. The van der Waals surface area contributed by atoms with Crippen LogP contribution in [0.3, 0.4) is 0 Å². The number of hydrogen-bond donors (Lipinski definition) is 0. The van der Waals surface area contributed by atoms with Crippen molar-refractivity contribution < 1.29 is 12.6 Å². The lowest BCUT2D eigenvalue weighted by Gasteiger charge is -2.25. The first-order valence-electron chi connectivity index (χ1n) is 4.72. The fraction of sp³-hybridized carbons (Fsp3) is 1.00. The molecular weight excluding hydrogens is 190 g/mol. The van der Waals surface area contributed by atoms with E-state index in [2.05, 4.69) is 9.08 Å². The molecule has 0 aromatic rings. The van der Waals surface area contributed by atoms with Gasteiger partial charge in [-0.25, -0.2) is 4.18 Å². The molecule has 1 heterocycles. The molecule has 5 heteroatoms. The second-order valence-corrected chi connectivity index (χ2v) is 4.80. The summed E-state index contributed by atoms with van der Waals surface area (Å²) in [6, 6.07) is 0.0278. The number of hydrogen-bond acceptors (Lipinski definition) is 4. The fourth-order valence-corrected chi connectivity index (χ4v) is 2.97. The molecule has 1 aliphatic rings. The molecule has 0 N–H and O–H groups in total. The third-order valence-corrected chi connectivity index (χ3v) is 3.75. The SMILES string of the molecule is CCC(C1OS1(=O)=O)N(CC)CC. The second-order valence-electron chi connectivity index (χ2n) is 3.15. The van der Waals surface area contributed by atoms with Crippen LogP contribution in [0.5, 0.6) is 0 Å². The van der Waals surface area contributed by atoms with Gasteiger partial charge in [0.25, 0.3) is 10.1 Å². The molecule has 2 atom stereocenters. The predicted molar refractivity (Wildman–Crippen MR) is 50.8 cm³/mol. The molecule has 0 saturated carbocycles. The Hall–Kier alpha value is -0.130. The van der Waals surface area contributed by atoms with Crippen molar-refractivity contribution in [2.45, 2.75) is 38.7 Å². The van der Waals surface area contributed by atoms with Crippen molar-refractivity contribution in [1.29, 1.82) is 0 Å². The van der Waals surface area contributed by atoms with E-state index >= 15 is 0 Å². The third-order valence-electron chi connectivity index (χ3n) is 2.49. The van der Waals surface area contributed by atoms with Gasteiger partial charge in [-0.2, -0.15) is 8.42 Å². The molecule has 0 aliphatic carbocycles. The molecule has 1 saturated heterocycles. The maximum absolute atomic E-state index is 11.0. The van der Waals surface area contributed by atoms with Gasteiger partial charge in [-0.3, -0.25) is 4.90 Å². The van der Waals surface area contributed by atoms with Gasteiger partial charge in [0.2, 0.25) is 5.44 Å².